The van der Waals surface area contributed by atoms with Gasteiger partial charge in [-0.1, -0.05) is 6.92 Å². The summed E-state index contributed by atoms with van der Waals surface area (Å²) in [5, 5.41) is 18.5. The topological polar surface area (TPSA) is 101 Å². The molecule has 4 fully saturated rings. The van der Waals surface area contributed by atoms with Gasteiger partial charge in [-0.3, -0.25) is 9.59 Å². The van der Waals surface area contributed by atoms with Crippen molar-refractivity contribution in [2.75, 3.05) is 0 Å². The molecule has 4 N–H and O–H groups in total. The summed E-state index contributed by atoms with van der Waals surface area (Å²) in [4.78, 5) is 22.5. The summed E-state index contributed by atoms with van der Waals surface area (Å²) in [6.45, 7) is 2.17. The number of rotatable bonds is 4. The second kappa shape index (κ2) is 4.59. The van der Waals surface area contributed by atoms with E-state index in [0.717, 1.165) is 32.1 Å². The lowest BCUT2D eigenvalue weighted by molar-refractivity contribution is -0.181. The Morgan fingerprint density at radius 3 is 1.67 bits per heavy atom. The SMILES string of the molecule is CC12CC3(N)CC(CC(=O)O)(C1)CC(CC(=O)O)(C2)C3.Cl. The number of hydrogen-bond donors (Lipinski definition) is 3. The lowest BCUT2D eigenvalue weighted by atomic mass is 9.37. The van der Waals surface area contributed by atoms with Crippen LogP contribution in [0.2, 0.25) is 0 Å². The van der Waals surface area contributed by atoms with E-state index in [-0.39, 0.29) is 47.0 Å². The first-order valence-corrected chi connectivity index (χ1v) is 7.30. The van der Waals surface area contributed by atoms with Crippen molar-refractivity contribution < 1.29 is 19.8 Å². The molecule has 0 saturated heterocycles. The minimum atomic E-state index is -0.787. The Balaban J connectivity index is 0.00000161. The van der Waals surface area contributed by atoms with Crippen LogP contribution in [0, 0.1) is 16.2 Å². The zero-order chi connectivity index (χ0) is 14.8. The Morgan fingerprint density at radius 1 is 0.905 bits per heavy atom. The molecular weight excluding hydrogens is 294 g/mol. The third-order valence-electron chi connectivity index (χ3n) is 5.64. The molecule has 0 aromatic heterocycles. The number of aliphatic carboxylic acids is 2. The molecule has 0 spiro atoms. The number of carboxylic acid groups (broad SMARTS) is 2. The van der Waals surface area contributed by atoms with E-state index in [4.69, 9.17) is 5.73 Å². The van der Waals surface area contributed by atoms with Gasteiger partial charge in [0.15, 0.2) is 0 Å². The van der Waals surface area contributed by atoms with Crippen LogP contribution in [0.3, 0.4) is 0 Å². The standard InChI is InChI=1S/C15H23NO4.ClH/c1-12-4-13(2-10(17)18)7-14(5-12,3-11(19)20)9-15(16,6-12)8-13;/h2-9,16H2,1H3,(H,17,18)(H,19,20);1H. The summed E-state index contributed by atoms with van der Waals surface area (Å²) in [5.41, 5.74) is 5.60. The molecule has 6 heteroatoms. The predicted molar refractivity (Wildman–Crippen MR) is 79.3 cm³/mol. The molecule has 0 radical (unpaired) electrons. The number of nitrogens with two attached hydrogens (primary N) is 1. The van der Waals surface area contributed by atoms with Crippen molar-refractivity contribution in [3.8, 4) is 0 Å². The van der Waals surface area contributed by atoms with Crippen LogP contribution >= 0.6 is 12.4 Å². The highest BCUT2D eigenvalue weighted by Gasteiger charge is 2.66. The molecule has 21 heavy (non-hydrogen) atoms. The third-order valence-corrected chi connectivity index (χ3v) is 5.64. The van der Waals surface area contributed by atoms with Crippen LogP contribution in [0.25, 0.3) is 0 Å². The quantitative estimate of drug-likeness (QED) is 0.739. The molecule has 0 heterocycles. The molecule has 0 aliphatic heterocycles. The average Bonchev–Trinajstić information content (AvgIpc) is 2.03. The molecule has 4 bridgehead atoms. The van der Waals surface area contributed by atoms with Gasteiger partial charge in [-0.25, -0.2) is 0 Å². The van der Waals surface area contributed by atoms with Gasteiger partial charge < -0.3 is 15.9 Å². The van der Waals surface area contributed by atoms with Crippen molar-refractivity contribution in [2.45, 2.75) is 63.8 Å². The fourth-order valence-electron chi connectivity index (χ4n) is 6.72. The Bertz CT molecular complexity index is 436. The second-order valence-corrected chi connectivity index (χ2v) is 8.37. The fraction of sp³-hybridized carbons (Fsp3) is 0.867. The van der Waals surface area contributed by atoms with Gasteiger partial charge in [0.25, 0.3) is 0 Å². The van der Waals surface area contributed by atoms with Gasteiger partial charge in [0.1, 0.15) is 0 Å². The van der Waals surface area contributed by atoms with E-state index in [1.54, 1.807) is 0 Å². The van der Waals surface area contributed by atoms with E-state index in [9.17, 15) is 19.8 Å². The molecule has 2 unspecified atom stereocenters. The average molecular weight is 318 g/mol. The summed E-state index contributed by atoms with van der Waals surface area (Å²) in [6, 6.07) is 0. The van der Waals surface area contributed by atoms with Crippen LogP contribution in [0.4, 0.5) is 0 Å². The van der Waals surface area contributed by atoms with Crippen LogP contribution in [0.1, 0.15) is 58.3 Å². The summed E-state index contributed by atoms with van der Waals surface area (Å²) in [5.74, 6) is -1.57. The van der Waals surface area contributed by atoms with Gasteiger partial charge in [-0.2, -0.15) is 0 Å². The smallest absolute Gasteiger partial charge is 0.303 e. The van der Waals surface area contributed by atoms with Crippen LogP contribution in [-0.4, -0.2) is 27.7 Å². The summed E-state index contributed by atoms with van der Waals surface area (Å²) < 4.78 is 0. The first kappa shape index (κ1) is 16.6. The lowest BCUT2D eigenvalue weighted by Crippen LogP contribution is -2.67. The maximum Gasteiger partial charge on any atom is 0.303 e. The summed E-state index contributed by atoms with van der Waals surface area (Å²) >= 11 is 0. The molecule has 0 aromatic rings. The van der Waals surface area contributed by atoms with Gasteiger partial charge in [-0.15, -0.1) is 12.4 Å². The molecule has 120 valence electrons. The summed E-state index contributed by atoms with van der Waals surface area (Å²) in [6.07, 6.45) is 5.12. The van der Waals surface area contributed by atoms with Gasteiger partial charge in [0, 0.05) is 5.54 Å². The predicted octanol–water partition coefficient (Wildman–Crippen LogP) is 2.42. The third kappa shape index (κ3) is 2.78. The van der Waals surface area contributed by atoms with Crippen molar-refractivity contribution in [1.82, 2.24) is 0 Å². The monoisotopic (exact) mass is 317 g/mol. The molecular formula is C15H24ClNO4. The minimum absolute atomic E-state index is 0. The minimum Gasteiger partial charge on any atom is -0.481 e. The highest BCUT2D eigenvalue weighted by atomic mass is 35.5. The van der Waals surface area contributed by atoms with E-state index in [1.165, 1.54) is 0 Å². The molecule has 2 atom stereocenters. The molecule has 4 rings (SSSR count). The fourth-order valence-corrected chi connectivity index (χ4v) is 6.72. The zero-order valence-corrected chi connectivity index (χ0v) is 13.2. The van der Waals surface area contributed by atoms with E-state index in [2.05, 4.69) is 6.92 Å². The molecule has 4 aliphatic carbocycles. The Hall–Kier alpha value is -0.810. The van der Waals surface area contributed by atoms with E-state index in [1.807, 2.05) is 0 Å². The van der Waals surface area contributed by atoms with Gasteiger partial charge in [-0.05, 0) is 54.8 Å². The van der Waals surface area contributed by atoms with Crippen LogP contribution in [-0.2, 0) is 9.59 Å². The maximum atomic E-state index is 11.3. The van der Waals surface area contributed by atoms with E-state index < -0.39 is 11.9 Å². The highest BCUT2D eigenvalue weighted by Crippen LogP contribution is 2.71. The zero-order valence-electron chi connectivity index (χ0n) is 12.4. The molecule has 0 amide bonds. The number of hydrogen-bond acceptors (Lipinski definition) is 3. The van der Waals surface area contributed by atoms with Crippen LogP contribution in [0.5, 0.6) is 0 Å². The largest absolute Gasteiger partial charge is 0.481 e. The van der Waals surface area contributed by atoms with E-state index >= 15 is 0 Å². The van der Waals surface area contributed by atoms with Crippen molar-refractivity contribution in [2.24, 2.45) is 22.0 Å². The van der Waals surface area contributed by atoms with E-state index in [0.29, 0.717) is 6.42 Å². The Labute approximate surface area is 130 Å². The van der Waals surface area contributed by atoms with Gasteiger partial charge >= 0.3 is 11.9 Å². The van der Waals surface area contributed by atoms with Crippen molar-refractivity contribution in [1.29, 1.82) is 0 Å². The molecule has 5 nitrogen and oxygen atoms in total. The second-order valence-electron chi connectivity index (χ2n) is 8.37. The van der Waals surface area contributed by atoms with Gasteiger partial charge in [0.05, 0.1) is 12.8 Å². The number of halogens is 1. The molecule has 4 saturated carbocycles. The highest BCUT2D eigenvalue weighted by molar-refractivity contribution is 5.85. The summed E-state index contributed by atoms with van der Waals surface area (Å²) in [7, 11) is 0. The number of carboxylic acids is 2. The maximum absolute atomic E-state index is 11.3. The van der Waals surface area contributed by atoms with Crippen molar-refractivity contribution >= 4 is 24.3 Å². The van der Waals surface area contributed by atoms with Crippen LogP contribution < -0.4 is 5.73 Å². The number of carbonyl (C=O) groups is 2. The normalized spacial score (nSPS) is 47.0. The Kier molecular flexibility index (Phi) is 3.62. The van der Waals surface area contributed by atoms with Gasteiger partial charge in [0.2, 0.25) is 0 Å². The molecule has 4 aliphatic rings. The Morgan fingerprint density at radius 2 is 1.33 bits per heavy atom. The van der Waals surface area contributed by atoms with Crippen LogP contribution in [0.15, 0.2) is 0 Å². The first-order valence-electron chi connectivity index (χ1n) is 7.30. The lowest BCUT2D eigenvalue weighted by Gasteiger charge is -2.69. The van der Waals surface area contributed by atoms with Crippen molar-refractivity contribution in [3.63, 3.8) is 0 Å². The first-order chi connectivity index (χ1) is 9.08. The van der Waals surface area contributed by atoms with Crippen molar-refractivity contribution in [3.05, 3.63) is 0 Å². The molecule has 0 aromatic carbocycles.